The number of carbonyl (C=O) groups is 1. The molecule has 2 rings (SSSR count). The molecule has 0 fully saturated rings. The van der Waals surface area contributed by atoms with E-state index in [4.69, 9.17) is 17.3 Å². The third kappa shape index (κ3) is 3.00. The first-order chi connectivity index (χ1) is 8.56. The molecule has 0 saturated heterocycles. The minimum absolute atomic E-state index is 0.188. The molecular weight excluding hydrogens is 274 g/mol. The standard InChI is InChI=1S/C10H10ClN5OS/c1-5(12)10-13-6(4-18-10)9(17)14-8-3-2-7(11)15-16-8/h2-5H,12H2,1H3,(H,14,16,17). The number of nitrogens with zero attached hydrogens (tertiary/aromatic N) is 3. The first kappa shape index (κ1) is 12.9. The van der Waals surface area contributed by atoms with Gasteiger partial charge in [-0.15, -0.1) is 21.5 Å². The van der Waals surface area contributed by atoms with Gasteiger partial charge in [0.15, 0.2) is 11.0 Å². The van der Waals surface area contributed by atoms with Gasteiger partial charge in [-0.3, -0.25) is 4.79 Å². The number of nitrogens with one attached hydrogen (secondary N) is 1. The van der Waals surface area contributed by atoms with Gasteiger partial charge in [0.1, 0.15) is 10.7 Å². The van der Waals surface area contributed by atoms with Gasteiger partial charge in [-0.05, 0) is 19.1 Å². The average Bonchev–Trinajstić information content (AvgIpc) is 2.81. The van der Waals surface area contributed by atoms with E-state index in [9.17, 15) is 4.79 Å². The second kappa shape index (κ2) is 5.38. The molecule has 0 radical (unpaired) electrons. The lowest BCUT2D eigenvalue weighted by Gasteiger charge is -2.01. The van der Waals surface area contributed by atoms with E-state index in [1.165, 1.54) is 11.3 Å². The normalized spacial score (nSPS) is 12.2. The molecule has 0 aliphatic rings. The van der Waals surface area contributed by atoms with Crippen molar-refractivity contribution in [3.63, 3.8) is 0 Å². The van der Waals surface area contributed by atoms with E-state index in [1.807, 2.05) is 6.92 Å². The Hall–Kier alpha value is -1.57. The van der Waals surface area contributed by atoms with Crippen LogP contribution in [0.25, 0.3) is 0 Å². The molecule has 18 heavy (non-hydrogen) atoms. The average molecular weight is 284 g/mol. The first-order valence-electron chi connectivity index (χ1n) is 5.08. The van der Waals surface area contributed by atoms with Gasteiger partial charge >= 0.3 is 0 Å². The molecule has 8 heteroatoms. The molecule has 0 aliphatic heterocycles. The van der Waals surface area contributed by atoms with Gasteiger partial charge < -0.3 is 11.1 Å². The predicted molar refractivity (Wildman–Crippen MR) is 69.7 cm³/mol. The number of carbonyl (C=O) groups excluding carboxylic acids is 1. The van der Waals surface area contributed by atoms with Gasteiger partial charge in [0.25, 0.3) is 5.91 Å². The summed E-state index contributed by atoms with van der Waals surface area (Å²) in [6.45, 7) is 1.81. The molecule has 2 aromatic rings. The van der Waals surface area contributed by atoms with Crippen molar-refractivity contribution in [2.75, 3.05) is 5.32 Å². The molecule has 0 bridgehead atoms. The zero-order chi connectivity index (χ0) is 13.1. The van der Waals surface area contributed by atoms with Crippen LogP contribution in [0.3, 0.4) is 0 Å². The maximum Gasteiger partial charge on any atom is 0.276 e. The molecule has 0 saturated carbocycles. The van der Waals surface area contributed by atoms with Crippen LogP contribution in [0, 0.1) is 0 Å². The van der Waals surface area contributed by atoms with Gasteiger partial charge in [0.2, 0.25) is 0 Å². The van der Waals surface area contributed by atoms with Crippen molar-refractivity contribution in [3.8, 4) is 0 Å². The Morgan fingerprint density at radius 3 is 2.83 bits per heavy atom. The number of hydrogen-bond donors (Lipinski definition) is 2. The van der Waals surface area contributed by atoms with Gasteiger partial charge in [-0.2, -0.15) is 0 Å². The molecule has 0 aliphatic carbocycles. The molecule has 2 aromatic heterocycles. The van der Waals surface area contributed by atoms with Gasteiger partial charge in [0, 0.05) is 5.38 Å². The van der Waals surface area contributed by atoms with Crippen LogP contribution in [0.15, 0.2) is 17.5 Å². The SMILES string of the molecule is CC(N)c1nc(C(=O)Nc2ccc(Cl)nn2)cs1. The molecule has 2 heterocycles. The summed E-state index contributed by atoms with van der Waals surface area (Å²) >= 11 is 6.94. The summed E-state index contributed by atoms with van der Waals surface area (Å²) in [7, 11) is 0. The summed E-state index contributed by atoms with van der Waals surface area (Å²) < 4.78 is 0. The number of halogens is 1. The smallest absolute Gasteiger partial charge is 0.276 e. The fraction of sp³-hybridized carbons (Fsp3) is 0.200. The molecule has 94 valence electrons. The molecule has 0 aromatic carbocycles. The van der Waals surface area contributed by atoms with Crippen molar-refractivity contribution in [1.29, 1.82) is 0 Å². The van der Waals surface area contributed by atoms with Gasteiger partial charge in [0.05, 0.1) is 6.04 Å². The Kier molecular flexibility index (Phi) is 3.85. The van der Waals surface area contributed by atoms with E-state index < -0.39 is 0 Å². The maximum atomic E-state index is 11.8. The lowest BCUT2D eigenvalue weighted by atomic mass is 10.4. The van der Waals surface area contributed by atoms with Crippen molar-refractivity contribution in [1.82, 2.24) is 15.2 Å². The number of anilines is 1. The minimum Gasteiger partial charge on any atom is -0.322 e. The molecule has 1 atom stereocenters. The lowest BCUT2D eigenvalue weighted by molar-refractivity contribution is 0.102. The summed E-state index contributed by atoms with van der Waals surface area (Å²) in [5.74, 6) is -0.0329. The van der Waals surface area contributed by atoms with Gasteiger partial charge in [-0.25, -0.2) is 4.98 Å². The topological polar surface area (TPSA) is 93.8 Å². The predicted octanol–water partition coefficient (Wildman–Crippen LogP) is 1.86. The van der Waals surface area contributed by atoms with E-state index in [-0.39, 0.29) is 17.1 Å². The molecule has 0 spiro atoms. The van der Waals surface area contributed by atoms with Crippen LogP contribution in [-0.4, -0.2) is 21.1 Å². The van der Waals surface area contributed by atoms with Gasteiger partial charge in [-0.1, -0.05) is 11.6 Å². The van der Waals surface area contributed by atoms with Crippen LogP contribution in [0.4, 0.5) is 5.82 Å². The van der Waals surface area contributed by atoms with Crippen LogP contribution < -0.4 is 11.1 Å². The van der Waals surface area contributed by atoms with Crippen LogP contribution in [0.5, 0.6) is 0 Å². The number of aromatic nitrogens is 3. The Bertz CT molecular complexity index is 554. The van der Waals surface area contributed by atoms with E-state index in [0.717, 1.165) is 0 Å². The second-order valence-electron chi connectivity index (χ2n) is 3.56. The summed E-state index contributed by atoms with van der Waals surface area (Å²) in [6, 6.07) is 2.91. The fourth-order valence-corrected chi connectivity index (χ4v) is 2.02. The highest BCUT2D eigenvalue weighted by Crippen LogP contribution is 2.16. The zero-order valence-corrected chi connectivity index (χ0v) is 11.0. The Balaban J connectivity index is 2.09. The Labute approximate surface area is 112 Å². The highest BCUT2D eigenvalue weighted by atomic mass is 35.5. The van der Waals surface area contributed by atoms with Crippen LogP contribution in [0.2, 0.25) is 5.15 Å². The van der Waals surface area contributed by atoms with Crippen molar-refractivity contribution in [2.24, 2.45) is 5.73 Å². The quantitative estimate of drug-likeness (QED) is 0.897. The molecule has 1 amide bonds. The fourth-order valence-electron chi connectivity index (χ4n) is 1.16. The zero-order valence-electron chi connectivity index (χ0n) is 9.42. The van der Waals surface area contributed by atoms with Crippen molar-refractivity contribution in [2.45, 2.75) is 13.0 Å². The molecule has 3 N–H and O–H groups in total. The molecular formula is C10H10ClN5OS. The van der Waals surface area contributed by atoms with Crippen molar-refractivity contribution < 1.29 is 4.79 Å². The molecule has 1 unspecified atom stereocenters. The molecule has 6 nitrogen and oxygen atoms in total. The highest BCUT2D eigenvalue weighted by molar-refractivity contribution is 7.09. The summed E-state index contributed by atoms with van der Waals surface area (Å²) in [5, 5.41) is 12.5. The van der Waals surface area contributed by atoms with E-state index >= 15 is 0 Å². The van der Waals surface area contributed by atoms with E-state index in [1.54, 1.807) is 17.5 Å². The number of amides is 1. The summed E-state index contributed by atoms with van der Waals surface area (Å²) in [6.07, 6.45) is 0. The number of nitrogens with two attached hydrogens (primary N) is 1. The third-order valence-electron chi connectivity index (χ3n) is 2.02. The number of rotatable bonds is 3. The van der Waals surface area contributed by atoms with E-state index in [0.29, 0.717) is 16.5 Å². The Morgan fingerprint density at radius 1 is 1.50 bits per heavy atom. The van der Waals surface area contributed by atoms with Crippen LogP contribution in [0.1, 0.15) is 28.5 Å². The van der Waals surface area contributed by atoms with E-state index in [2.05, 4.69) is 20.5 Å². The third-order valence-corrected chi connectivity index (χ3v) is 3.26. The van der Waals surface area contributed by atoms with Crippen molar-refractivity contribution in [3.05, 3.63) is 33.4 Å². The van der Waals surface area contributed by atoms with Crippen LogP contribution >= 0.6 is 22.9 Å². The number of hydrogen-bond acceptors (Lipinski definition) is 6. The number of thiazole rings is 1. The Morgan fingerprint density at radius 2 is 2.28 bits per heavy atom. The summed E-state index contributed by atoms with van der Waals surface area (Å²) in [4.78, 5) is 16.0. The minimum atomic E-state index is -0.352. The largest absolute Gasteiger partial charge is 0.322 e. The lowest BCUT2D eigenvalue weighted by Crippen LogP contribution is -2.14. The van der Waals surface area contributed by atoms with Crippen LogP contribution in [-0.2, 0) is 0 Å². The first-order valence-corrected chi connectivity index (χ1v) is 6.33. The monoisotopic (exact) mass is 283 g/mol. The van der Waals surface area contributed by atoms with Crippen molar-refractivity contribution >= 4 is 34.7 Å². The summed E-state index contributed by atoms with van der Waals surface area (Å²) in [5.41, 5.74) is 5.98. The maximum absolute atomic E-state index is 11.8. The second-order valence-corrected chi connectivity index (χ2v) is 4.83. The highest BCUT2D eigenvalue weighted by Gasteiger charge is 2.13.